The van der Waals surface area contributed by atoms with Gasteiger partial charge in [-0.2, -0.15) is 0 Å². The highest BCUT2D eigenvalue weighted by Crippen LogP contribution is 2.22. The van der Waals surface area contributed by atoms with Gasteiger partial charge in [0.1, 0.15) is 0 Å². The lowest BCUT2D eigenvalue weighted by atomic mass is 9.92. The Bertz CT molecular complexity index is 193. The standard InChI is InChI=1S/C9H19N3O/c1-7-4-3-5-12(8(7)2)6-9(10)11-13/h7-8,13H,3-6H2,1-2H3,(H2,10,11). The minimum atomic E-state index is 0.306. The highest BCUT2D eigenvalue weighted by Gasteiger charge is 2.24. The van der Waals surface area contributed by atoms with Crippen molar-refractivity contribution in [1.29, 1.82) is 0 Å². The van der Waals surface area contributed by atoms with Crippen molar-refractivity contribution in [3.63, 3.8) is 0 Å². The van der Waals surface area contributed by atoms with Crippen LogP contribution in [0.1, 0.15) is 26.7 Å². The van der Waals surface area contributed by atoms with Crippen LogP contribution in [0.25, 0.3) is 0 Å². The molecule has 2 unspecified atom stereocenters. The van der Waals surface area contributed by atoms with E-state index in [0.29, 0.717) is 24.3 Å². The minimum absolute atomic E-state index is 0.306. The first kappa shape index (κ1) is 10.3. The first-order valence-electron chi connectivity index (χ1n) is 4.85. The molecule has 0 aromatic rings. The van der Waals surface area contributed by atoms with Gasteiger partial charge in [0.2, 0.25) is 0 Å². The van der Waals surface area contributed by atoms with E-state index >= 15 is 0 Å². The second-order valence-corrected chi connectivity index (χ2v) is 3.92. The molecule has 4 nitrogen and oxygen atoms in total. The van der Waals surface area contributed by atoms with Gasteiger partial charge in [-0.25, -0.2) is 0 Å². The number of amidine groups is 1. The summed E-state index contributed by atoms with van der Waals surface area (Å²) in [5.74, 6) is 1.01. The lowest BCUT2D eigenvalue weighted by Gasteiger charge is -2.37. The van der Waals surface area contributed by atoms with Crippen LogP contribution in [0.2, 0.25) is 0 Å². The number of nitrogens with zero attached hydrogens (tertiary/aromatic N) is 2. The number of piperidine rings is 1. The molecule has 0 aliphatic carbocycles. The zero-order valence-corrected chi connectivity index (χ0v) is 8.40. The molecule has 3 N–H and O–H groups in total. The van der Waals surface area contributed by atoms with Crippen LogP contribution >= 0.6 is 0 Å². The zero-order chi connectivity index (χ0) is 9.84. The van der Waals surface area contributed by atoms with Gasteiger partial charge in [-0.15, -0.1) is 0 Å². The molecule has 0 saturated carbocycles. The summed E-state index contributed by atoms with van der Waals surface area (Å²) in [6.45, 7) is 6.10. The van der Waals surface area contributed by atoms with Crippen molar-refractivity contribution in [2.24, 2.45) is 16.8 Å². The molecule has 1 aliphatic rings. The van der Waals surface area contributed by atoms with Crippen molar-refractivity contribution < 1.29 is 5.21 Å². The summed E-state index contributed by atoms with van der Waals surface area (Å²) in [4.78, 5) is 2.27. The second kappa shape index (κ2) is 4.46. The number of hydrogen-bond acceptors (Lipinski definition) is 3. The Labute approximate surface area is 79.4 Å². The van der Waals surface area contributed by atoms with E-state index in [9.17, 15) is 0 Å². The Morgan fingerprint density at radius 1 is 1.62 bits per heavy atom. The van der Waals surface area contributed by atoms with E-state index in [4.69, 9.17) is 10.9 Å². The van der Waals surface area contributed by atoms with Gasteiger partial charge in [-0.05, 0) is 32.2 Å². The van der Waals surface area contributed by atoms with E-state index in [2.05, 4.69) is 23.9 Å². The van der Waals surface area contributed by atoms with Crippen molar-refractivity contribution in [3.05, 3.63) is 0 Å². The van der Waals surface area contributed by atoms with E-state index in [-0.39, 0.29) is 0 Å². The van der Waals surface area contributed by atoms with Crippen molar-refractivity contribution in [3.8, 4) is 0 Å². The smallest absolute Gasteiger partial charge is 0.153 e. The topological polar surface area (TPSA) is 61.8 Å². The molecule has 1 saturated heterocycles. The Morgan fingerprint density at radius 3 is 2.92 bits per heavy atom. The van der Waals surface area contributed by atoms with Gasteiger partial charge in [-0.3, -0.25) is 4.90 Å². The Morgan fingerprint density at radius 2 is 2.31 bits per heavy atom. The molecule has 1 aliphatic heterocycles. The molecule has 2 atom stereocenters. The summed E-state index contributed by atoms with van der Waals surface area (Å²) in [5, 5.41) is 11.4. The fraction of sp³-hybridized carbons (Fsp3) is 0.889. The largest absolute Gasteiger partial charge is 0.409 e. The van der Waals surface area contributed by atoms with Crippen molar-refractivity contribution in [2.75, 3.05) is 13.1 Å². The number of oxime groups is 1. The van der Waals surface area contributed by atoms with Crippen molar-refractivity contribution in [1.82, 2.24) is 4.90 Å². The summed E-state index contributed by atoms with van der Waals surface area (Å²) in [6, 6.07) is 0.536. The fourth-order valence-electron chi connectivity index (χ4n) is 1.88. The van der Waals surface area contributed by atoms with Gasteiger partial charge in [0.15, 0.2) is 5.84 Å². The van der Waals surface area contributed by atoms with E-state index in [0.717, 1.165) is 6.54 Å². The molecule has 0 amide bonds. The first-order chi connectivity index (χ1) is 6.15. The fourth-order valence-corrected chi connectivity index (χ4v) is 1.88. The van der Waals surface area contributed by atoms with Gasteiger partial charge in [0.05, 0.1) is 6.54 Å². The molecule has 0 radical (unpaired) electrons. The molecule has 0 bridgehead atoms. The number of hydrogen-bond donors (Lipinski definition) is 2. The van der Waals surface area contributed by atoms with Crippen molar-refractivity contribution >= 4 is 5.84 Å². The van der Waals surface area contributed by atoms with E-state index in [1.165, 1.54) is 12.8 Å². The van der Waals surface area contributed by atoms with Crippen LogP contribution in [0.15, 0.2) is 5.16 Å². The van der Waals surface area contributed by atoms with Crippen LogP contribution in [0.4, 0.5) is 0 Å². The SMILES string of the molecule is CC1CCCN(CC(N)=NO)C1C. The normalized spacial score (nSPS) is 32.0. The summed E-state index contributed by atoms with van der Waals surface area (Å²) >= 11 is 0. The molecule has 0 aromatic carbocycles. The van der Waals surface area contributed by atoms with E-state index in [1.807, 2.05) is 0 Å². The first-order valence-corrected chi connectivity index (χ1v) is 4.85. The maximum Gasteiger partial charge on any atom is 0.153 e. The molecule has 0 aromatic heterocycles. The summed E-state index contributed by atoms with van der Waals surface area (Å²) in [6.07, 6.45) is 2.50. The monoisotopic (exact) mass is 185 g/mol. The van der Waals surface area contributed by atoms with Crippen LogP contribution in [0.5, 0.6) is 0 Å². The summed E-state index contributed by atoms with van der Waals surface area (Å²) < 4.78 is 0. The molecule has 76 valence electrons. The lowest BCUT2D eigenvalue weighted by molar-refractivity contribution is 0.131. The average Bonchev–Trinajstić information content (AvgIpc) is 2.13. The summed E-state index contributed by atoms with van der Waals surface area (Å²) in [5.41, 5.74) is 5.47. The Hall–Kier alpha value is -0.770. The van der Waals surface area contributed by atoms with Gasteiger partial charge < -0.3 is 10.9 Å². The molecule has 1 fully saturated rings. The predicted octanol–water partition coefficient (Wildman–Crippen LogP) is 0.853. The molecule has 1 heterocycles. The minimum Gasteiger partial charge on any atom is -0.409 e. The lowest BCUT2D eigenvalue weighted by Crippen LogP contribution is -2.46. The zero-order valence-electron chi connectivity index (χ0n) is 8.40. The number of nitrogens with two attached hydrogens (primary N) is 1. The van der Waals surface area contributed by atoms with Crippen molar-refractivity contribution in [2.45, 2.75) is 32.7 Å². The van der Waals surface area contributed by atoms with Crippen LogP contribution in [0, 0.1) is 5.92 Å². The Balaban J connectivity index is 2.48. The molecular weight excluding hydrogens is 166 g/mol. The third kappa shape index (κ3) is 2.59. The average molecular weight is 185 g/mol. The predicted molar refractivity (Wildman–Crippen MR) is 52.8 cm³/mol. The van der Waals surface area contributed by atoms with Crippen LogP contribution in [-0.2, 0) is 0 Å². The second-order valence-electron chi connectivity index (χ2n) is 3.92. The summed E-state index contributed by atoms with van der Waals surface area (Å²) in [7, 11) is 0. The van der Waals surface area contributed by atoms with E-state index in [1.54, 1.807) is 0 Å². The molecule has 13 heavy (non-hydrogen) atoms. The maximum atomic E-state index is 8.45. The molecule has 0 spiro atoms. The van der Waals surface area contributed by atoms with Crippen LogP contribution in [0.3, 0.4) is 0 Å². The maximum absolute atomic E-state index is 8.45. The number of rotatable bonds is 2. The Kier molecular flexibility index (Phi) is 3.54. The quantitative estimate of drug-likeness (QED) is 0.290. The highest BCUT2D eigenvalue weighted by molar-refractivity contribution is 5.81. The third-order valence-electron chi connectivity index (χ3n) is 3.00. The van der Waals surface area contributed by atoms with Crippen LogP contribution in [-0.4, -0.2) is 35.1 Å². The van der Waals surface area contributed by atoms with Gasteiger partial charge in [0, 0.05) is 6.04 Å². The molecular formula is C9H19N3O. The van der Waals surface area contributed by atoms with E-state index < -0.39 is 0 Å². The van der Waals surface area contributed by atoms with Crippen LogP contribution < -0.4 is 5.73 Å². The van der Waals surface area contributed by atoms with Gasteiger partial charge in [0.25, 0.3) is 0 Å². The van der Waals surface area contributed by atoms with Gasteiger partial charge in [-0.1, -0.05) is 12.1 Å². The molecule has 4 heteroatoms. The molecule has 1 rings (SSSR count). The third-order valence-corrected chi connectivity index (χ3v) is 3.00. The highest BCUT2D eigenvalue weighted by atomic mass is 16.4. The van der Waals surface area contributed by atoms with Gasteiger partial charge >= 0.3 is 0 Å². The number of likely N-dealkylation sites (tertiary alicyclic amines) is 1.